The van der Waals surface area contributed by atoms with Gasteiger partial charge in [-0.15, -0.1) is 0 Å². The third-order valence-electron chi connectivity index (χ3n) is 4.05. The summed E-state index contributed by atoms with van der Waals surface area (Å²) >= 11 is 1.33. The zero-order valence-corrected chi connectivity index (χ0v) is 15.7. The topological polar surface area (TPSA) is 85.6 Å². The molecule has 1 N–H and O–H groups in total. The van der Waals surface area contributed by atoms with Gasteiger partial charge in [-0.25, -0.2) is 13.4 Å². The van der Waals surface area contributed by atoms with Crippen LogP contribution in [-0.2, 0) is 9.84 Å². The second kappa shape index (κ2) is 7.90. The molecule has 6 nitrogen and oxygen atoms in total. The van der Waals surface area contributed by atoms with Crippen molar-refractivity contribution >= 4 is 38.1 Å². The van der Waals surface area contributed by atoms with Gasteiger partial charge in [0, 0.05) is 19.3 Å². The number of nitriles is 1. The maximum atomic E-state index is 12.1. The number of nitrogens with zero attached hydrogens (tertiary/aromatic N) is 3. The molecule has 0 bridgehead atoms. The Bertz CT molecular complexity index is 761. The summed E-state index contributed by atoms with van der Waals surface area (Å²) in [5.74, 6) is 0.659. The Balaban J connectivity index is 2.45. The summed E-state index contributed by atoms with van der Waals surface area (Å²) in [7, 11) is -3.32. The van der Waals surface area contributed by atoms with Crippen LogP contribution in [0.15, 0.2) is 28.1 Å². The van der Waals surface area contributed by atoms with Crippen LogP contribution in [0.25, 0.3) is 0 Å². The lowest BCUT2D eigenvalue weighted by Crippen LogP contribution is -2.33. The highest BCUT2D eigenvalue weighted by Crippen LogP contribution is 2.33. The summed E-state index contributed by atoms with van der Waals surface area (Å²) in [5.41, 5.74) is 1.33. The number of amidine groups is 1. The number of aliphatic imine (C=N–C) groups is 1. The molecule has 2 rings (SSSR count). The summed E-state index contributed by atoms with van der Waals surface area (Å²) in [5, 5.41) is 11.7. The molecular formula is C16H22N4O2S2. The van der Waals surface area contributed by atoms with Gasteiger partial charge in [0.2, 0.25) is 0 Å². The van der Waals surface area contributed by atoms with Crippen molar-refractivity contribution < 1.29 is 8.42 Å². The third-order valence-corrected chi connectivity index (χ3v) is 5.78. The van der Waals surface area contributed by atoms with E-state index >= 15 is 0 Å². The predicted octanol–water partition coefficient (Wildman–Crippen LogP) is 2.75. The highest BCUT2D eigenvalue weighted by atomic mass is 32.2. The fourth-order valence-corrected chi connectivity index (χ4v) is 3.90. The predicted molar refractivity (Wildman–Crippen MR) is 99.5 cm³/mol. The number of benzene rings is 1. The SMILES string of the molecule is CSC(=Nc1ccc(S(C)(=O)=O)c(N2CCC(C)CC2)c1)NC#N. The van der Waals surface area contributed by atoms with Crippen molar-refractivity contribution in [2.24, 2.45) is 10.9 Å². The number of hydrogen-bond acceptors (Lipinski definition) is 6. The molecule has 1 aliphatic heterocycles. The molecule has 1 fully saturated rings. The number of hydrogen-bond donors (Lipinski definition) is 1. The molecule has 8 heteroatoms. The van der Waals surface area contributed by atoms with Gasteiger partial charge in [-0.2, -0.15) is 5.26 Å². The van der Waals surface area contributed by atoms with Gasteiger partial charge in [-0.1, -0.05) is 18.7 Å². The maximum absolute atomic E-state index is 12.1. The van der Waals surface area contributed by atoms with Crippen molar-refractivity contribution in [1.29, 1.82) is 5.26 Å². The molecule has 1 aliphatic rings. The highest BCUT2D eigenvalue weighted by Gasteiger charge is 2.22. The lowest BCUT2D eigenvalue weighted by atomic mass is 9.99. The van der Waals surface area contributed by atoms with E-state index in [0.29, 0.717) is 27.4 Å². The molecule has 1 saturated heterocycles. The van der Waals surface area contributed by atoms with Gasteiger partial charge in [0.05, 0.1) is 16.3 Å². The summed E-state index contributed by atoms with van der Waals surface area (Å²) in [6.07, 6.45) is 6.99. The zero-order valence-electron chi connectivity index (χ0n) is 14.1. The molecule has 0 radical (unpaired) electrons. The number of anilines is 1. The number of nitrogens with one attached hydrogen (secondary N) is 1. The van der Waals surface area contributed by atoms with Crippen LogP contribution in [0.2, 0.25) is 0 Å². The van der Waals surface area contributed by atoms with E-state index in [4.69, 9.17) is 5.26 Å². The molecule has 1 heterocycles. The summed E-state index contributed by atoms with van der Waals surface area (Å²) in [6.45, 7) is 3.89. The molecular weight excluding hydrogens is 344 g/mol. The first-order valence-electron chi connectivity index (χ1n) is 7.72. The van der Waals surface area contributed by atoms with Gasteiger partial charge in [-0.05, 0) is 43.2 Å². The Kier molecular flexibility index (Phi) is 6.13. The number of rotatable bonds is 3. The molecule has 0 unspecified atom stereocenters. The Hall–Kier alpha value is -1.72. The van der Waals surface area contributed by atoms with E-state index < -0.39 is 9.84 Å². The minimum atomic E-state index is -3.32. The molecule has 1 aromatic carbocycles. The Labute approximate surface area is 147 Å². The minimum absolute atomic E-state index is 0.329. The van der Waals surface area contributed by atoms with Gasteiger partial charge in [0.25, 0.3) is 0 Å². The van der Waals surface area contributed by atoms with E-state index in [1.807, 2.05) is 12.4 Å². The molecule has 0 amide bonds. The fourth-order valence-electron chi connectivity index (χ4n) is 2.68. The van der Waals surface area contributed by atoms with Crippen LogP contribution in [0.1, 0.15) is 19.8 Å². The lowest BCUT2D eigenvalue weighted by Gasteiger charge is -2.33. The summed E-state index contributed by atoms with van der Waals surface area (Å²) in [6, 6.07) is 5.06. The first-order valence-corrected chi connectivity index (χ1v) is 10.8. The summed E-state index contributed by atoms with van der Waals surface area (Å²) < 4.78 is 24.3. The van der Waals surface area contributed by atoms with Crippen molar-refractivity contribution in [1.82, 2.24) is 5.32 Å². The smallest absolute Gasteiger partial charge is 0.183 e. The van der Waals surface area contributed by atoms with Gasteiger partial charge in [0.1, 0.15) is 0 Å². The average molecular weight is 367 g/mol. The Morgan fingerprint density at radius 3 is 2.62 bits per heavy atom. The van der Waals surface area contributed by atoms with E-state index in [1.54, 1.807) is 18.2 Å². The van der Waals surface area contributed by atoms with E-state index in [0.717, 1.165) is 25.9 Å². The summed E-state index contributed by atoms with van der Waals surface area (Å²) in [4.78, 5) is 6.83. The molecule has 24 heavy (non-hydrogen) atoms. The van der Waals surface area contributed by atoms with Crippen molar-refractivity contribution in [2.75, 3.05) is 30.5 Å². The van der Waals surface area contributed by atoms with Crippen molar-refractivity contribution in [3.8, 4) is 6.19 Å². The first kappa shape index (κ1) is 18.6. The van der Waals surface area contributed by atoms with E-state index in [2.05, 4.69) is 22.1 Å². The van der Waals surface area contributed by atoms with Crippen LogP contribution in [0.5, 0.6) is 0 Å². The molecule has 0 spiro atoms. The number of piperidine rings is 1. The lowest BCUT2D eigenvalue weighted by molar-refractivity contribution is 0.437. The molecule has 0 saturated carbocycles. The van der Waals surface area contributed by atoms with Crippen LogP contribution < -0.4 is 10.2 Å². The largest absolute Gasteiger partial charge is 0.370 e. The van der Waals surface area contributed by atoms with Crippen LogP contribution in [0.4, 0.5) is 11.4 Å². The van der Waals surface area contributed by atoms with Gasteiger partial charge in [-0.3, -0.25) is 5.32 Å². The molecule has 0 aliphatic carbocycles. The van der Waals surface area contributed by atoms with Gasteiger partial charge < -0.3 is 4.90 Å². The molecule has 0 atom stereocenters. The molecule has 1 aromatic rings. The molecule has 0 aromatic heterocycles. The van der Waals surface area contributed by atoms with Crippen molar-refractivity contribution in [2.45, 2.75) is 24.7 Å². The maximum Gasteiger partial charge on any atom is 0.183 e. The number of sulfone groups is 1. The van der Waals surface area contributed by atoms with Crippen molar-refractivity contribution in [3.63, 3.8) is 0 Å². The quantitative estimate of drug-likeness (QED) is 0.383. The normalized spacial score (nSPS) is 16.8. The van der Waals surface area contributed by atoms with Gasteiger partial charge in [0.15, 0.2) is 21.2 Å². The number of thioether (sulfide) groups is 1. The van der Waals surface area contributed by atoms with Crippen LogP contribution in [-0.4, -0.2) is 39.2 Å². The fraction of sp³-hybridized carbons (Fsp3) is 0.500. The Morgan fingerprint density at radius 2 is 2.08 bits per heavy atom. The van der Waals surface area contributed by atoms with E-state index in [9.17, 15) is 8.42 Å². The van der Waals surface area contributed by atoms with Crippen LogP contribution in [0.3, 0.4) is 0 Å². The average Bonchev–Trinajstić information content (AvgIpc) is 2.54. The zero-order chi connectivity index (χ0) is 17.7. The highest BCUT2D eigenvalue weighted by molar-refractivity contribution is 8.13. The van der Waals surface area contributed by atoms with Crippen LogP contribution >= 0.6 is 11.8 Å². The van der Waals surface area contributed by atoms with Crippen LogP contribution in [0, 0.1) is 17.4 Å². The van der Waals surface area contributed by atoms with Gasteiger partial charge >= 0.3 is 0 Å². The minimum Gasteiger partial charge on any atom is -0.370 e. The second-order valence-electron chi connectivity index (χ2n) is 5.95. The third kappa shape index (κ3) is 4.65. The monoisotopic (exact) mass is 366 g/mol. The Morgan fingerprint density at radius 1 is 1.42 bits per heavy atom. The standard InChI is InChI=1S/C16H22N4O2S2/c1-12-6-8-20(9-7-12)14-10-13(19-16(23-2)18-11-17)4-5-15(14)24(3,21)22/h4-5,10,12H,6-9H2,1-3H3,(H,18,19). The van der Waals surface area contributed by atoms with Crippen molar-refractivity contribution in [3.05, 3.63) is 18.2 Å². The second-order valence-corrected chi connectivity index (χ2v) is 8.73. The van der Waals surface area contributed by atoms with E-state index in [-0.39, 0.29) is 0 Å². The first-order chi connectivity index (χ1) is 11.3. The molecule has 130 valence electrons. The van der Waals surface area contributed by atoms with E-state index in [1.165, 1.54) is 18.0 Å².